The highest BCUT2D eigenvalue weighted by Crippen LogP contribution is 2.35. The largest absolute Gasteiger partial charge is 0.350 e. The smallest absolute Gasteiger partial charge is 0.338 e. The van der Waals surface area contributed by atoms with Crippen LogP contribution in [-0.2, 0) is 19.6 Å². The number of hydrogen-bond donors (Lipinski definition) is 6. The van der Waals surface area contributed by atoms with Gasteiger partial charge in [-0.3, -0.25) is 15.6 Å². The minimum atomic E-state index is -0.848. The second kappa shape index (κ2) is 22.0. The van der Waals surface area contributed by atoms with Gasteiger partial charge in [0.05, 0.1) is 23.8 Å². The Morgan fingerprint density at radius 1 is 0.537 bits per heavy atom. The van der Waals surface area contributed by atoms with Crippen LogP contribution in [0.4, 0.5) is 14.4 Å². The van der Waals surface area contributed by atoms with Gasteiger partial charge in [-0.15, -0.1) is 34.0 Å². The summed E-state index contributed by atoms with van der Waals surface area (Å²) < 4.78 is 1.11. The SMILES string of the molecule is NC(=O)N(O)Cc1cc(Sc2ccccc2)cs1.NC(=O)N(O)Cc1ccc(Sc2ccccc2)s1.NC(=O)N(O)Cc1sccc1Sc1ccccc1. The van der Waals surface area contributed by atoms with Crippen molar-refractivity contribution in [1.82, 2.24) is 15.2 Å². The zero-order valence-corrected chi connectivity index (χ0v) is 33.2. The molecule has 3 aromatic heterocycles. The van der Waals surface area contributed by atoms with Gasteiger partial charge in [0.2, 0.25) is 0 Å². The van der Waals surface area contributed by atoms with E-state index < -0.39 is 18.1 Å². The maximum absolute atomic E-state index is 10.8. The van der Waals surface area contributed by atoms with E-state index in [1.807, 2.05) is 126 Å². The molecule has 6 amide bonds. The van der Waals surface area contributed by atoms with Crippen molar-refractivity contribution in [2.75, 3.05) is 0 Å². The van der Waals surface area contributed by atoms with Crippen LogP contribution >= 0.6 is 69.3 Å². The van der Waals surface area contributed by atoms with Gasteiger partial charge in [0, 0.05) is 44.5 Å². The standard InChI is InChI=1S/3C12H12N2O2S2/c13-12(15)14(16)7-10-6-11(8-17-10)18-9-4-2-1-3-5-9;13-12(15)14(16)8-11-10(6-7-17-11)18-9-4-2-1-3-5-9;13-12(15)14(16)8-10-6-7-11(18-10)17-9-4-2-1-3-5-9/h1-6,8,16H,7H2,(H2,13,15);2*1-7,16H,8H2,(H2,13,15). The molecule has 6 rings (SSSR count). The van der Waals surface area contributed by atoms with E-state index in [0.717, 1.165) is 43.3 Å². The van der Waals surface area contributed by atoms with Gasteiger partial charge in [0.25, 0.3) is 0 Å². The van der Waals surface area contributed by atoms with Crippen molar-refractivity contribution < 1.29 is 30.0 Å². The topological polar surface area (TPSA) is 200 Å². The molecule has 0 atom stereocenters. The molecule has 9 N–H and O–H groups in total. The van der Waals surface area contributed by atoms with E-state index in [1.165, 1.54) is 34.0 Å². The highest BCUT2D eigenvalue weighted by Gasteiger charge is 2.13. The van der Waals surface area contributed by atoms with Crippen LogP contribution in [0.5, 0.6) is 0 Å². The van der Waals surface area contributed by atoms with Crippen molar-refractivity contribution in [3.63, 3.8) is 0 Å². The van der Waals surface area contributed by atoms with Crippen molar-refractivity contribution in [1.29, 1.82) is 0 Å². The van der Waals surface area contributed by atoms with E-state index in [9.17, 15) is 30.0 Å². The monoisotopic (exact) mass is 840 g/mol. The predicted molar refractivity (Wildman–Crippen MR) is 215 cm³/mol. The van der Waals surface area contributed by atoms with Crippen LogP contribution < -0.4 is 17.2 Å². The molecule has 0 fully saturated rings. The molecule has 0 aliphatic carbocycles. The molecule has 54 heavy (non-hydrogen) atoms. The first-order valence-electron chi connectivity index (χ1n) is 15.7. The third kappa shape index (κ3) is 14.7. The summed E-state index contributed by atoms with van der Waals surface area (Å²) in [4.78, 5) is 40.4. The lowest BCUT2D eigenvalue weighted by Gasteiger charge is -2.11. The van der Waals surface area contributed by atoms with E-state index in [2.05, 4.69) is 0 Å². The normalized spacial score (nSPS) is 10.3. The maximum atomic E-state index is 10.8. The van der Waals surface area contributed by atoms with Crippen molar-refractivity contribution in [3.05, 3.63) is 141 Å². The Kier molecular flexibility index (Phi) is 17.2. The van der Waals surface area contributed by atoms with E-state index in [-0.39, 0.29) is 19.6 Å². The molecular formula is C36H36N6O6S6. The van der Waals surface area contributed by atoms with Crippen LogP contribution in [0.3, 0.4) is 0 Å². The van der Waals surface area contributed by atoms with Gasteiger partial charge >= 0.3 is 18.1 Å². The number of nitrogens with zero attached hydrogens (tertiary/aromatic N) is 3. The molecule has 0 aliphatic rings. The fraction of sp³-hybridized carbons (Fsp3) is 0.0833. The van der Waals surface area contributed by atoms with Gasteiger partial charge in [-0.25, -0.2) is 29.6 Å². The number of rotatable bonds is 12. The molecule has 282 valence electrons. The van der Waals surface area contributed by atoms with Gasteiger partial charge in [-0.1, -0.05) is 89.9 Å². The summed E-state index contributed by atoms with van der Waals surface area (Å²) in [5.41, 5.74) is 14.9. The highest BCUT2D eigenvalue weighted by atomic mass is 32.2. The van der Waals surface area contributed by atoms with Gasteiger partial charge in [0.1, 0.15) is 0 Å². The summed E-state index contributed by atoms with van der Waals surface area (Å²) in [5, 5.41) is 33.3. The number of nitrogens with two attached hydrogens (primary N) is 3. The average molecular weight is 841 g/mol. The number of thiophene rings is 3. The van der Waals surface area contributed by atoms with Crippen molar-refractivity contribution in [2.45, 2.75) is 48.3 Å². The Bertz CT molecular complexity index is 1950. The third-order valence-corrected chi connectivity index (χ3v) is 13.0. The van der Waals surface area contributed by atoms with E-state index in [4.69, 9.17) is 17.2 Å². The van der Waals surface area contributed by atoms with E-state index >= 15 is 0 Å². The summed E-state index contributed by atoms with van der Waals surface area (Å²) in [6.07, 6.45) is 0. The lowest BCUT2D eigenvalue weighted by Crippen LogP contribution is -2.31. The minimum absolute atomic E-state index is 0.113. The van der Waals surface area contributed by atoms with Crippen LogP contribution in [0.2, 0.25) is 0 Å². The molecule has 3 aromatic carbocycles. The lowest BCUT2D eigenvalue weighted by atomic mass is 10.4. The number of hydroxylamine groups is 6. The summed E-state index contributed by atoms with van der Waals surface area (Å²) in [7, 11) is 0. The maximum Gasteiger partial charge on any atom is 0.338 e. The number of carbonyl (C=O) groups is 3. The predicted octanol–water partition coefficient (Wildman–Crippen LogP) is 9.51. The van der Waals surface area contributed by atoms with Crippen LogP contribution in [0, 0.1) is 0 Å². The zero-order chi connectivity index (χ0) is 38.9. The van der Waals surface area contributed by atoms with E-state index in [1.54, 1.807) is 35.3 Å². The quantitative estimate of drug-likeness (QED) is 0.0513. The highest BCUT2D eigenvalue weighted by molar-refractivity contribution is 8.01. The van der Waals surface area contributed by atoms with Gasteiger partial charge in [-0.2, -0.15) is 0 Å². The lowest BCUT2D eigenvalue weighted by molar-refractivity contribution is -0.0467. The number of primary amides is 3. The molecule has 12 nitrogen and oxygen atoms in total. The molecule has 0 radical (unpaired) electrons. The third-order valence-electron chi connectivity index (χ3n) is 6.55. The number of carbonyl (C=O) groups excluding carboxylic acids is 3. The Morgan fingerprint density at radius 2 is 1.02 bits per heavy atom. The van der Waals surface area contributed by atoms with Gasteiger partial charge < -0.3 is 17.2 Å². The molecule has 0 bridgehead atoms. The number of amides is 6. The average Bonchev–Trinajstić information content (AvgIpc) is 3.92. The Labute approximate surface area is 336 Å². The first-order chi connectivity index (χ1) is 26.0. The second-order valence-corrected chi connectivity index (χ2v) is 17.4. The molecule has 0 saturated carbocycles. The fourth-order valence-corrected chi connectivity index (χ4v) is 10.1. The molecule has 18 heteroatoms. The Hall–Kier alpha value is -4.50. The van der Waals surface area contributed by atoms with Crippen LogP contribution in [0.15, 0.2) is 155 Å². The molecule has 0 spiro atoms. The molecule has 0 saturated heterocycles. The van der Waals surface area contributed by atoms with Crippen molar-refractivity contribution >= 4 is 87.4 Å². The number of hydrogen-bond acceptors (Lipinski definition) is 12. The molecule has 0 unspecified atom stereocenters. The van der Waals surface area contributed by atoms with Crippen molar-refractivity contribution in [3.8, 4) is 0 Å². The van der Waals surface area contributed by atoms with Gasteiger partial charge in [0.15, 0.2) is 0 Å². The Morgan fingerprint density at radius 3 is 1.56 bits per heavy atom. The number of urea groups is 3. The molecule has 6 aromatic rings. The Balaban J connectivity index is 0.000000180. The summed E-state index contributed by atoms with van der Waals surface area (Å²) in [6, 6.07) is 35.1. The summed E-state index contributed by atoms with van der Waals surface area (Å²) >= 11 is 9.37. The van der Waals surface area contributed by atoms with Crippen molar-refractivity contribution in [2.24, 2.45) is 17.2 Å². The van der Waals surface area contributed by atoms with E-state index in [0.29, 0.717) is 15.2 Å². The minimum Gasteiger partial charge on any atom is -0.350 e. The fourth-order valence-electron chi connectivity index (χ4n) is 4.04. The molecular weight excluding hydrogens is 805 g/mol. The summed E-state index contributed by atoms with van der Waals surface area (Å²) in [6.45, 7) is 0.354. The first kappa shape index (κ1) is 42.2. The molecule has 0 aliphatic heterocycles. The number of benzene rings is 3. The summed E-state index contributed by atoms with van der Waals surface area (Å²) in [5.74, 6) is 0. The first-order valence-corrected chi connectivity index (χ1v) is 20.7. The van der Waals surface area contributed by atoms with Gasteiger partial charge in [-0.05, 0) is 66.0 Å². The molecule has 3 heterocycles. The second-order valence-electron chi connectivity index (χ2n) is 10.6. The zero-order valence-electron chi connectivity index (χ0n) is 28.3. The van der Waals surface area contributed by atoms with Crippen LogP contribution in [0.1, 0.15) is 14.6 Å². The van der Waals surface area contributed by atoms with Crippen LogP contribution in [-0.4, -0.2) is 48.9 Å². The van der Waals surface area contributed by atoms with Crippen LogP contribution in [0.25, 0.3) is 0 Å².